The lowest BCUT2D eigenvalue weighted by Crippen LogP contribution is -2.02. The van der Waals surface area contributed by atoms with Crippen LogP contribution in [0, 0.1) is 0 Å². The summed E-state index contributed by atoms with van der Waals surface area (Å²) in [4.78, 5) is 13.2. The molecule has 3 heterocycles. The molecule has 0 fully saturated rings. The maximum atomic E-state index is 12.3. The van der Waals surface area contributed by atoms with Gasteiger partial charge in [0.2, 0.25) is 0 Å². The summed E-state index contributed by atoms with van der Waals surface area (Å²) in [6.45, 7) is 2.08. The minimum Gasteiger partial charge on any atom is -0.300 e. The van der Waals surface area contributed by atoms with E-state index in [1.807, 2.05) is 41.1 Å². The smallest absolute Gasteiger partial charge is 0.163 e. The monoisotopic (exact) mass is 366 g/mol. The van der Waals surface area contributed by atoms with E-state index in [1.165, 1.54) is 6.33 Å². The zero-order valence-corrected chi connectivity index (χ0v) is 15.1. The molecule has 0 bridgehead atoms. The van der Waals surface area contributed by atoms with Crippen LogP contribution in [-0.2, 0) is 10.8 Å². The fourth-order valence-electron chi connectivity index (χ4n) is 2.74. The molecule has 0 amide bonds. The van der Waals surface area contributed by atoms with E-state index in [-0.39, 0.29) is 0 Å². The molecular formula is C18H18N6OS. The van der Waals surface area contributed by atoms with Crippen molar-refractivity contribution >= 4 is 22.0 Å². The number of unbranched alkanes of at least 4 members (excludes halogenated alkanes) is 1. The average Bonchev–Trinajstić information content (AvgIpc) is 3.35. The zero-order chi connectivity index (χ0) is 17.9. The molecule has 0 aliphatic heterocycles. The number of nitrogens with one attached hydrogen (secondary N) is 1. The van der Waals surface area contributed by atoms with Crippen LogP contribution in [0.4, 0.5) is 0 Å². The van der Waals surface area contributed by atoms with Crippen molar-refractivity contribution in [2.24, 2.45) is 0 Å². The normalized spacial score (nSPS) is 12.5. The largest absolute Gasteiger partial charge is 0.300 e. The second-order valence-electron chi connectivity index (χ2n) is 5.89. The Hall–Kier alpha value is -2.87. The number of rotatable bonds is 6. The number of aromatic nitrogens is 6. The molecule has 0 saturated carbocycles. The van der Waals surface area contributed by atoms with E-state index in [0.29, 0.717) is 16.6 Å². The molecule has 1 aromatic carbocycles. The van der Waals surface area contributed by atoms with Crippen molar-refractivity contribution in [3.63, 3.8) is 0 Å². The number of H-pyrrole nitrogens is 1. The molecule has 4 rings (SSSR count). The maximum absolute atomic E-state index is 12.3. The van der Waals surface area contributed by atoms with Crippen LogP contribution in [0.25, 0.3) is 28.2 Å². The standard InChI is InChI=1S/C18H18N6OS/c1-2-3-9-26(25)16-11-19-18-15(22-16)7-8-24(18)14-6-4-5-13(10-14)17-20-12-21-23-17/h4-8,10-12H,2-3,9H2,1H3,(H,20,21,23)/t26-/m0/s1. The van der Waals surface area contributed by atoms with Crippen LogP contribution in [0.1, 0.15) is 19.8 Å². The Morgan fingerprint density at radius 3 is 2.96 bits per heavy atom. The summed E-state index contributed by atoms with van der Waals surface area (Å²) < 4.78 is 14.2. The van der Waals surface area contributed by atoms with E-state index in [1.54, 1.807) is 6.20 Å². The minimum atomic E-state index is -1.10. The van der Waals surface area contributed by atoms with Gasteiger partial charge >= 0.3 is 0 Å². The highest BCUT2D eigenvalue weighted by Gasteiger charge is 2.11. The highest BCUT2D eigenvalue weighted by atomic mass is 32.2. The molecule has 0 radical (unpaired) electrons. The van der Waals surface area contributed by atoms with Gasteiger partial charge < -0.3 is 0 Å². The van der Waals surface area contributed by atoms with Gasteiger partial charge in [0.25, 0.3) is 0 Å². The lowest BCUT2D eigenvalue weighted by atomic mass is 10.2. The van der Waals surface area contributed by atoms with Crippen molar-refractivity contribution in [3.8, 4) is 17.1 Å². The Balaban J connectivity index is 1.70. The van der Waals surface area contributed by atoms with Gasteiger partial charge in [0.1, 0.15) is 16.9 Å². The molecule has 4 aromatic rings. The molecule has 7 nitrogen and oxygen atoms in total. The Morgan fingerprint density at radius 1 is 1.23 bits per heavy atom. The number of hydrogen-bond acceptors (Lipinski definition) is 5. The lowest BCUT2D eigenvalue weighted by Gasteiger charge is -2.07. The summed E-state index contributed by atoms with van der Waals surface area (Å²) in [6, 6.07) is 9.82. The number of hydrogen-bond donors (Lipinski definition) is 1. The van der Waals surface area contributed by atoms with Crippen LogP contribution >= 0.6 is 0 Å². The topological polar surface area (TPSA) is 89.4 Å². The number of benzene rings is 1. The SMILES string of the molecule is CCCC[S@](=O)c1cnc2c(ccn2-c2cccc(-c3ncn[nH]3)c2)n1. The average molecular weight is 366 g/mol. The number of aromatic amines is 1. The van der Waals surface area contributed by atoms with E-state index in [4.69, 9.17) is 0 Å². The first-order valence-corrected chi connectivity index (χ1v) is 9.77. The van der Waals surface area contributed by atoms with E-state index < -0.39 is 10.8 Å². The molecule has 1 N–H and O–H groups in total. The van der Waals surface area contributed by atoms with Gasteiger partial charge in [-0.2, -0.15) is 5.10 Å². The second-order valence-corrected chi connectivity index (χ2v) is 7.41. The summed E-state index contributed by atoms with van der Waals surface area (Å²) in [5, 5.41) is 7.30. The van der Waals surface area contributed by atoms with Crippen molar-refractivity contribution in [1.29, 1.82) is 0 Å². The number of fused-ring (bicyclic) bond motifs is 1. The summed E-state index contributed by atoms with van der Waals surface area (Å²) in [5.74, 6) is 1.33. The summed E-state index contributed by atoms with van der Waals surface area (Å²) in [7, 11) is -1.10. The molecule has 26 heavy (non-hydrogen) atoms. The highest BCUT2D eigenvalue weighted by Crippen LogP contribution is 2.22. The van der Waals surface area contributed by atoms with Crippen LogP contribution in [0.5, 0.6) is 0 Å². The van der Waals surface area contributed by atoms with Crippen LogP contribution in [0.2, 0.25) is 0 Å². The fourth-order valence-corrected chi connectivity index (χ4v) is 3.87. The van der Waals surface area contributed by atoms with Crippen LogP contribution in [-0.4, -0.2) is 39.7 Å². The van der Waals surface area contributed by atoms with Gasteiger partial charge in [-0.05, 0) is 24.6 Å². The second kappa shape index (κ2) is 7.17. The minimum absolute atomic E-state index is 0.541. The molecule has 1 atom stereocenters. The van der Waals surface area contributed by atoms with Gasteiger partial charge in [0.15, 0.2) is 11.5 Å². The van der Waals surface area contributed by atoms with Gasteiger partial charge in [-0.3, -0.25) is 13.9 Å². The third kappa shape index (κ3) is 3.15. The predicted molar refractivity (Wildman–Crippen MR) is 100 cm³/mol. The highest BCUT2D eigenvalue weighted by molar-refractivity contribution is 7.84. The third-order valence-corrected chi connectivity index (χ3v) is 5.42. The first kappa shape index (κ1) is 16.6. The molecule has 0 saturated heterocycles. The van der Waals surface area contributed by atoms with Crippen molar-refractivity contribution in [3.05, 3.63) is 49.1 Å². The molecule has 0 unspecified atom stereocenters. The molecule has 3 aromatic heterocycles. The molecule has 0 aliphatic rings. The Morgan fingerprint density at radius 2 is 2.15 bits per heavy atom. The van der Waals surface area contributed by atoms with Gasteiger partial charge in [0, 0.05) is 23.2 Å². The summed E-state index contributed by atoms with van der Waals surface area (Å²) in [5.41, 5.74) is 3.35. The third-order valence-electron chi connectivity index (χ3n) is 4.10. The Labute approximate surface area is 153 Å². The van der Waals surface area contributed by atoms with Gasteiger partial charge in [-0.15, -0.1) is 0 Å². The van der Waals surface area contributed by atoms with Gasteiger partial charge in [-0.1, -0.05) is 25.5 Å². The molecular weight excluding hydrogens is 348 g/mol. The molecule has 132 valence electrons. The molecule has 0 aliphatic carbocycles. The van der Waals surface area contributed by atoms with Crippen LogP contribution in [0.3, 0.4) is 0 Å². The Bertz CT molecular complexity index is 1060. The van der Waals surface area contributed by atoms with Crippen molar-refractivity contribution < 1.29 is 4.21 Å². The van der Waals surface area contributed by atoms with E-state index in [2.05, 4.69) is 32.1 Å². The number of nitrogens with zero attached hydrogens (tertiary/aromatic N) is 5. The predicted octanol–water partition coefficient (Wildman–Crippen LogP) is 3.11. The molecule has 0 spiro atoms. The van der Waals surface area contributed by atoms with Crippen molar-refractivity contribution in [1.82, 2.24) is 29.7 Å². The fraction of sp³-hybridized carbons (Fsp3) is 0.222. The van der Waals surface area contributed by atoms with Gasteiger partial charge in [-0.25, -0.2) is 15.0 Å². The Kier molecular flexibility index (Phi) is 4.57. The molecule has 8 heteroatoms. The van der Waals surface area contributed by atoms with Crippen LogP contribution in [0.15, 0.2) is 54.1 Å². The van der Waals surface area contributed by atoms with E-state index in [0.717, 1.165) is 35.3 Å². The first-order chi connectivity index (χ1) is 12.8. The zero-order valence-electron chi connectivity index (χ0n) is 14.3. The van der Waals surface area contributed by atoms with Crippen LogP contribution < -0.4 is 0 Å². The lowest BCUT2D eigenvalue weighted by molar-refractivity contribution is 0.676. The van der Waals surface area contributed by atoms with Crippen molar-refractivity contribution in [2.75, 3.05) is 5.75 Å². The maximum Gasteiger partial charge on any atom is 0.163 e. The summed E-state index contributed by atoms with van der Waals surface area (Å²) in [6.07, 6.45) is 6.95. The van der Waals surface area contributed by atoms with Crippen molar-refractivity contribution in [2.45, 2.75) is 24.8 Å². The van der Waals surface area contributed by atoms with Gasteiger partial charge in [0.05, 0.1) is 17.0 Å². The van der Waals surface area contributed by atoms with E-state index in [9.17, 15) is 4.21 Å². The summed E-state index contributed by atoms with van der Waals surface area (Å²) >= 11 is 0. The van der Waals surface area contributed by atoms with E-state index >= 15 is 0 Å². The quantitative estimate of drug-likeness (QED) is 0.566. The first-order valence-electron chi connectivity index (χ1n) is 8.45.